The monoisotopic (exact) mass is 380 g/mol. The second kappa shape index (κ2) is 7.96. The molecule has 4 rings (SSSR count). The van der Waals surface area contributed by atoms with Crippen molar-refractivity contribution in [2.75, 3.05) is 25.9 Å². The quantitative estimate of drug-likeness (QED) is 0.730. The van der Waals surface area contributed by atoms with Crippen LogP contribution >= 0.6 is 16.8 Å². The number of benzene rings is 2. The predicted octanol–water partition coefficient (Wildman–Crippen LogP) is 4.47. The molecule has 25 heavy (non-hydrogen) atoms. The predicted molar refractivity (Wildman–Crippen MR) is 94.5 cm³/mol. The number of hydrogen-bond acceptors (Lipinski definition) is 6. The molecule has 1 spiro atoms. The number of ether oxygens (including phenoxy) is 2. The first-order valence-corrected chi connectivity index (χ1v) is 10.6. The molecule has 0 saturated carbocycles. The van der Waals surface area contributed by atoms with Gasteiger partial charge in [-0.1, -0.05) is 36.4 Å². The van der Waals surface area contributed by atoms with Gasteiger partial charge in [-0.25, -0.2) is 0 Å². The normalized spacial score (nSPS) is 29.3. The van der Waals surface area contributed by atoms with Crippen molar-refractivity contribution in [2.45, 2.75) is 5.79 Å². The highest BCUT2D eigenvalue weighted by molar-refractivity contribution is 7.52. The van der Waals surface area contributed by atoms with E-state index in [1.54, 1.807) is 0 Å². The minimum Gasteiger partial charge on any atom is -0.469 e. The molecule has 0 atom stereocenters. The van der Waals surface area contributed by atoms with Gasteiger partial charge in [0.2, 0.25) is 5.79 Å². The fourth-order valence-corrected chi connectivity index (χ4v) is 4.75. The van der Waals surface area contributed by atoms with Gasteiger partial charge in [0, 0.05) is 0 Å². The first-order chi connectivity index (χ1) is 12.3. The van der Waals surface area contributed by atoms with Crippen LogP contribution in [0.2, 0.25) is 0 Å². The van der Waals surface area contributed by atoms with E-state index in [2.05, 4.69) is 0 Å². The summed E-state index contributed by atoms with van der Waals surface area (Å²) >= 11 is 0. The molecule has 132 valence electrons. The highest BCUT2D eigenvalue weighted by atomic mass is 31.2. The highest BCUT2D eigenvalue weighted by Gasteiger charge is 2.45. The van der Waals surface area contributed by atoms with Gasteiger partial charge in [-0.15, -0.1) is 0 Å². The van der Waals surface area contributed by atoms with Gasteiger partial charge in [0.25, 0.3) is 0 Å². The van der Waals surface area contributed by atoms with E-state index in [1.807, 2.05) is 60.7 Å². The lowest BCUT2D eigenvalue weighted by Crippen LogP contribution is -2.49. The summed E-state index contributed by atoms with van der Waals surface area (Å²) in [6, 6.07) is 19.1. The molecule has 0 bridgehead atoms. The van der Waals surface area contributed by atoms with Crippen molar-refractivity contribution < 1.29 is 27.6 Å². The first kappa shape index (κ1) is 17.2. The van der Waals surface area contributed by atoms with E-state index in [0.29, 0.717) is 12.7 Å². The first-order valence-electron chi connectivity index (χ1n) is 7.86. The standard InChI is InChI=1S/C17H18O6P2/c1-3-7-15(8-4-1)22-24-13-18-17(19-14-24)11-20-25(21-12-17)23-16-9-5-2-6-10-16/h1-10H,11-14H2. The van der Waals surface area contributed by atoms with Gasteiger partial charge in [-0.3, -0.25) is 9.05 Å². The summed E-state index contributed by atoms with van der Waals surface area (Å²) < 4.78 is 34.7. The molecule has 2 fully saturated rings. The van der Waals surface area contributed by atoms with Crippen molar-refractivity contribution >= 4 is 16.8 Å². The van der Waals surface area contributed by atoms with E-state index in [9.17, 15) is 0 Å². The Balaban J connectivity index is 1.25. The molecule has 8 heteroatoms. The van der Waals surface area contributed by atoms with E-state index >= 15 is 0 Å². The Morgan fingerprint density at radius 3 is 1.80 bits per heavy atom. The molecule has 2 aromatic carbocycles. The summed E-state index contributed by atoms with van der Waals surface area (Å²) in [6.45, 7) is 0.556. The Hall–Kier alpha value is -1.26. The molecule has 2 aliphatic heterocycles. The zero-order chi connectivity index (χ0) is 17.0. The lowest BCUT2D eigenvalue weighted by molar-refractivity contribution is -0.268. The molecular weight excluding hydrogens is 362 g/mol. The average Bonchev–Trinajstić information content (AvgIpc) is 2.68. The molecule has 0 aromatic heterocycles. The van der Waals surface area contributed by atoms with Crippen molar-refractivity contribution in [1.29, 1.82) is 0 Å². The molecule has 2 heterocycles. The van der Waals surface area contributed by atoms with Gasteiger partial charge >= 0.3 is 8.60 Å². The van der Waals surface area contributed by atoms with Crippen molar-refractivity contribution in [3.63, 3.8) is 0 Å². The topological polar surface area (TPSA) is 55.4 Å². The van der Waals surface area contributed by atoms with Crippen LogP contribution in [0, 0.1) is 0 Å². The van der Waals surface area contributed by atoms with Crippen LogP contribution in [0.1, 0.15) is 0 Å². The van der Waals surface area contributed by atoms with Crippen molar-refractivity contribution in [1.82, 2.24) is 0 Å². The third kappa shape index (κ3) is 4.48. The minimum atomic E-state index is -1.44. The van der Waals surface area contributed by atoms with Crippen LogP contribution in [-0.4, -0.2) is 31.7 Å². The van der Waals surface area contributed by atoms with E-state index in [4.69, 9.17) is 27.6 Å². The maximum atomic E-state index is 5.90. The molecule has 0 N–H and O–H groups in total. The number of para-hydroxylation sites is 2. The summed E-state index contributed by atoms with van der Waals surface area (Å²) in [5.41, 5.74) is 0. The molecule has 0 aliphatic carbocycles. The summed E-state index contributed by atoms with van der Waals surface area (Å²) in [5, 5.41) is 0. The second-order valence-corrected chi connectivity index (χ2v) is 8.33. The molecule has 6 nitrogen and oxygen atoms in total. The lowest BCUT2D eigenvalue weighted by atomic mass is 10.3. The molecule has 0 amide bonds. The highest BCUT2D eigenvalue weighted by Crippen LogP contribution is 2.50. The summed E-state index contributed by atoms with van der Waals surface area (Å²) in [7, 11) is -2.27. The smallest absolute Gasteiger partial charge is 0.397 e. The fourth-order valence-electron chi connectivity index (χ4n) is 2.31. The molecule has 2 aliphatic rings. The number of hydrogen-bond donors (Lipinski definition) is 0. The van der Waals surface area contributed by atoms with Gasteiger partial charge in [-0.2, -0.15) is 0 Å². The van der Waals surface area contributed by atoms with Crippen molar-refractivity contribution in [3.05, 3.63) is 60.7 Å². The third-order valence-electron chi connectivity index (χ3n) is 3.62. The van der Waals surface area contributed by atoms with Crippen LogP contribution in [0.3, 0.4) is 0 Å². The van der Waals surface area contributed by atoms with E-state index in [-0.39, 0.29) is 13.2 Å². The molecule has 0 radical (unpaired) electrons. The Morgan fingerprint density at radius 1 is 0.720 bits per heavy atom. The maximum Gasteiger partial charge on any atom is 0.397 e. The summed E-state index contributed by atoms with van der Waals surface area (Å²) in [6.07, 6.45) is 0.961. The van der Waals surface area contributed by atoms with Gasteiger partial charge < -0.3 is 18.5 Å². The van der Waals surface area contributed by atoms with Gasteiger partial charge in [0.05, 0.1) is 0 Å². The van der Waals surface area contributed by atoms with E-state index in [0.717, 1.165) is 11.5 Å². The molecule has 2 saturated heterocycles. The third-order valence-corrected chi connectivity index (χ3v) is 5.97. The van der Waals surface area contributed by atoms with E-state index in [1.165, 1.54) is 0 Å². The minimum absolute atomic E-state index is 0.278. The van der Waals surface area contributed by atoms with Crippen LogP contribution in [0.15, 0.2) is 60.7 Å². The van der Waals surface area contributed by atoms with Gasteiger partial charge in [0.1, 0.15) is 45.6 Å². The van der Waals surface area contributed by atoms with Crippen LogP contribution in [0.4, 0.5) is 0 Å². The maximum absolute atomic E-state index is 5.90. The molecule has 2 aromatic rings. The van der Waals surface area contributed by atoms with E-state index < -0.39 is 22.5 Å². The summed E-state index contributed by atoms with van der Waals surface area (Å²) in [4.78, 5) is 0. The van der Waals surface area contributed by atoms with Crippen LogP contribution in [0.25, 0.3) is 0 Å². The molecule has 0 unspecified atom stereocenters. The van der Waals surface area contributed by atoms with Gasteiger partial charge in [-0.05, 0) is 24.3 Å². The zero-order valence-corrected chi connectivity index (χ0v) is 15.2. The molecular formula is C17H18O6P2. The van der Waals surface area contributed by atoms with Crippen LogP contribution < -0.4 is 9.05 Å². The van der Waals surface area contributed by atoms with Crippen LogP contribution in [-0.2, 0) is 18.5 Å². The zero-order valence-electron chi connectivity index (χ0n) is 13.4. The van der Waals surface area contributed by atoms with Crippen molar-refractivity contribution in [2.24, 2.45) is 0 Å². The Bertz CT molecular complexity index is 592. The number of rotatable bonds is 4. The lowest BCUT2D eigenvalue weighted by Gasteiger charge is -2.41. The second-order valence-electron chi connectivity index (χ2n) is 5.52. The summed E-state index contributed by atoms with van der Waals surface area (Å²) in [5.74, 6) is 0.681. The van der Waals surface area contributed by atoms with Crippen molar-refractivity contribution in [3.8, 4) is 11.5 Å². The van der Waals surface area contributed by atoms with Crippen LogP contribution in [0.5, 0.6) is 11.5 Å². The Morgan fingerprint density at radius 2 is 1.24 bits per heavy atom. The Labute approximate surface area is 148 Å². The largest absolute Gasteiger partial charge is 0.469 e. The Kier molecular flexibility index (Phi) is 5.47. The fraction of sp³-hybridized carbons (Fsp3) is 0.294. The average molecular weight is 380 g/mol. The SMILES string of the molecule is c1ccc(OP2COC3(COP(Oc4ccccc4)OC3)OC2)cc1. The van der Waals surface area contributed by atoms with Gasteiger partial charge in [0.15, 0.2) is 0 Å².